The highest BCUT2D eigenvalue weighted by atomic mass is 16.2. The molecule has 0 radical (unpaired) electrons. The second-order valence-corrected chi connectivity index (χ2v) is 6.49. The quantitative estimate of drug-likeness (QED) is 0.924. The van der Waals surface area contributed by atoms with Crippen molar-refractivity contribution in [2.75, 3.05) is 6.54 Å². The predicted octanol–water partition coefficient (Wildman–Crippen LogP) is 2.01. The summed E-state index contributed by atoms with van der Waals surface area (Å²) in [4.78, 5) is 26.7. The predicted molar refractivity (Wildman–Crippen MR) is 80.5 cm³/mol. The molecule has 1 aromatic carbocycles. The number of aryl methyl sites for hydroxylation is 1. The molecular formula is C17H22N2O2. The summed E-state index contributed by atoms with van der Waals surface area (Å²) in [6, 6.07) is 8.19. The lowest BCUT2D eigenvalue weighted by molar-refractivity contribution is -0.139. The molecule has 1 N–H and O–H groups in total. The maximum atomic E-state index is 12.9. The molecule has 112 valence electrons. The molecule has 1 aliphatic carbocycles. The van der Waals surface area contributed by atoms with Crippen LogP contribution in [0.3, 0.4) is 0 Å². The van der Waals surface area contributed by atoms with Crippen LogP contribution >= 0.6 is 0 Å². The van der Waals surface area contributed by atoms with E-state index in [9.17, 15) is 9.59 Å². The minimum atomic E-state index is -0.711. The topological polar surface area (TPSA) is 49.4 Å². The molecule has 0 spiro atoms. The highest BCUT2D eigenvalue weighted by Crippen LogP contribution is 2.41. The molecular weight excluding hydrogens is 264 g/mol. The van der Waals surface area contributed by atoms with Crippen molar-refractivity contribution in [2.45, 2.75) is 45.2 Å². The first kappa shape index (κ1) is 14.1. The van der Waals surface area contributed by atoms with Crippen LogP contribution in [0.25, 0.3) is 0 Å². The Labute approximate surface area is 125 Å². The third kappa shape index (κ3) is 2.80. The van der Waals surface area contributed by atoms with Crippen molar-refractivity contribution < 1.29 is 9.59 Å². The van der Waals surface area contributed by atoms with E-state index in [-0.39, 0.29) is 11.8 Å². The summed E-state index contributed by atoms with van der Waals surface area (Å²) >= 11 is 0. The molecule has 3 rings (SSSR count). The van der Waals surface area contributed by atoms with Gasteiger partial charge >= 0.3 is 0 Å². The van der Waals surface area contributed by atoms with E-state index in [0.29, 0.717) is 25.4 Å². The van der Waals surface area contributed by atoms with Gasteiger partial charge in [0.2, 0.25) is 11.8 Å². The second kappa shape index (κ2) is 5.17. The first-order chi connectivity index (χ1) is 9.99. The molecule has 1 aromatic rings. The van der Waals surface area contributed by atoms with E-state index in [2.05, 4.69) is 11.4 Å². The van der Waals surface area contributed by atoms with Gasteiger partial charge in [0, 0.05) is 19.5 Å². The van der Waals surface area contributed by atoms with Gasteiger partial charge in [0.05, 0.1) is 0 Å². The zero-order valence-electron chi connectivity index (χ0n) is 12.7. The number of carbonyl (C=O) groups excluding carboxylic acids is 2. The number of nitrogens with zero attached hydrogens (tertiary/aromatic N) is 1. The van der Waals surface area contributed by atoms with E-state index in [1.54, 1.807) is 0 Å². The highest BCUT2D eigenvalue weighted by molar-refractivity contribution is 5.93. The summed E-state index contributed by atoms with van der Waals surface area (Å²) in [6.45, 7) is 5.02. The number of carbonyl (C=O) groups is 2. The molecule has 1 unspecified atom stereocenters. The van der Waals surface area contributed by atoms with Gasteiger partial charge in [0.1, 0.15) is 5.54 Å². The average molecular weight is 286 g/mol. The Bertz CT molecular complexity index is 580. The molecule has 1 saturated heterocycles. The van der Waals surface area contributed by atoms with Gasteiger partial charge in [0.25, 0.3) is 0 Å². The Kier molecular flexibility index (Phi) is 3.47. The lowest BCUT2D eigenvalue weighted by Crippen LogP contribution is -2.56. The fourth-order valence-corrected chi connectivity index (χ4v) is 3.19. The normalized spacial score (nSPS) is 26.5. The highest BCUT2D eigenvalue weighted by Gasteiger charge is 2.50. The maximum Gasteiger partial charge on any atom is 0.248 e. The van der Waals surface area contributed by atoms with E-state index < -0.39 is 5.54 Å². The summed E-state index contributed by atoms with van der Waals surface area (Å²) < 4.78 is 0. The monoisotopic (exact) mass is 286 g/mol. The minimum absolute atomic E-state index is 0.00973. The average Bonchev–Trinajstić information content (AvgIpc) is 3.26. The molecule has 21 heavy (non-hydrogen) atoms. The minimum Gasteiger partial charge on any atom is -0.342 e. The SMILES string of the molecule is Cc1cccc(CN2CCC(=O)NC(C)(C3CC3)C2=O)c1. The molecule has 1 heterocycles. The number of benzene rings is 1. The second-order valence-electron chi connectivity index (χ2n) is 6.49. The van der Waals surface area contributed by atoms with Gasteiger partial charge in [-0.05, 0) is 38.2 Å². The number of rotatable bonds is 3. The number of hydrogen-bond acceptors (Lipinski definition) is 2. The largest absolute Gasteiger partial charge is 0.342 e. The van der Waals surface area contributed by atoms with Gasteiger partial charge in [-0.1, -0.05) is 29.8 Å². The van der Waals surface area contributed by atoms with Crippen LogP contribution < -0.4 is 5.32 Å². The molecule has 2 fully saturated rings. The Morgan fingerprint density at radius 2 is 2.10 bits per heavy atom. The van der Waals surface area contributed by atoms with E-state index in [1.165, 1.54) is 5.56 Å². The Morgan fingerprint density at radius 1 is 1.33 bits per heavy atom. The van der Waals surface area contributed by atoms with Gasteiger partial charge in [-0.3, -0.25) is 9.59 Å². The van der Waals surface area contributed by atoms with Crippen molar-refractivity contribution in [3.63, 3.8) is 0 Å². The Balaban J connectivity index is 1.83. The molecule has 0 bridgehead atoms. The lowest BCUT2D eigenvalue weighted by Gasteiger charge is -2.32. The van der Waals surface area contributed by atoms with Crippen LogP contribution in [0.15, 0.2) is 24.3 Å². The van der Waals surface area contributed by atoms with Crippen molar-refractivity contribution in [3.8, 4) is 0 Å². The maximum absolute atomic E-state index is 12.9. The number of nitrogens with one attached hydrogen (secondary N) is 1. The molecule has 1 saturated carbocycles. The van der Waals surface area contributed by atoms with Gasteiger partial charge in [-0.2, -0.15) is 0 Å². The third-order valence-corrected chi connectivity index (χ3v) is 4.59. The Hall–Kier alpha value is -1.84. The smallest absolute Gasteiger partial charge is 0.248 e. The summed E-state index contributed by atoms with van der Waals surface area (Å²) in [5.41, 5.74) is 1.60. The zero-order chi connectivity index (χ0) is 15.0. The first-order valence-electron chi connectivity index (χ1n) is 7.65. The summed E-state index contributed by atoms with van der Waals surface area (Å²) in [6.07, 6.45) is 2.45. The van der Waals surface area contributed by atoms with Gasteiger partial charge in [-0.15, -0.1) is 0 Å². The van der Waals surface area contributed by atoms with E-state index >= 15 is 0 Å². The zero-order valence-corrected chi connectivity index (χ0v) is 12.7. The van der Waals surface area contributed by atoms with Crippen LogP contribution in [-0.2, 0) is 16.1 Å². The molecule has 1 atom stereocenters. The van der Waals surface area contributed by atoms with Crippen LogP contribution in [0.5, 0.6) is 0 Å². The van der Waals surface area contributed by atoms with Crippen LogP contribution in [-0.4, -0.2) is 28.8 Å². The van der Waals surface area contributed by atoms with Crippen LogP contribution in [0.1, 0.15) is 37.3 Å². The van der Waals surface area contributed by atoms with Crippen molar-refractivity contribution in [2.24, 2.45) is 5.92 Å². The molecule has 2 aliphatic rings. The summed E-state index contributed by atoms with van der Waals surface area (Å²) in [5.74, 6) is 0.355. The van der Waals surface area contributed by atoms with E-state index in [4.69, 9.17) is 0 Å². The van der Waals surface area contributed by atoms with Crippen LogP contribution in [0, 0.1) is 12.8 Å². The molecule has 0 aromatic heterocycles. The van der Waals surface area contributed by atoms with Crippen molar-refractivity contribution in [3.05, 3.63) is 35.4 Å². The standard InChI is InChI=1S/C17H22N2O2/c1-12-4-3-5-13(10-12)11-19-9-8-15(20)18-17(2,16(19)21)14-6-7-14/h3-5,10,14H,6-9,11H2,1-2H3,(H,18,20). The number of hydrogen-bond donors (Lipinski definition) is 1. The molecule has 2 amide bonds. The first-order valence-corrected chi connectivity index (χ1v) is 7.65. The van der Waals surface area contributed by atoms with Crippen molar-refractivity contribution in [1.29, 1.82) is 0 Å². The Morgan fingerprint density at radius 3 is 2.76 bits per heavy atom. The van der Waals surface area contributed by atoms with Gasteiger partial charge < -0.3 is 10.2 Å². The molecule has 4 nitrogen and oxygen atoms in total. The third-order valence-electron chi connectivity index (χ3n) is 4.59. The lowest BCUT2D eigenvalue weighted by atomic mass is 9.94. The fraction of sp³-hybridized carbons (Fsp3) is 0.529. The molecule has 1 aliphatic heterocycles. The van der Waals surface area contributed by atoms with Crippen molar-refractivity contribution >= 4 is 11.8 Å². The van der Waals surface area contributed by atoms with Crippen LogP contribution in [0.4, 0.5) is 0 Å². The summed E-state index contributed by atoms with van der Waals surface area (Å²) in [5, 5.41) is 2.96. The van der Waals surface area contributed by atoms with Gasteiger partial charge in [0.15, 0.2) is 0 Å². The van der Waals surface area contributed by atoms with Gasteiger partial charge in [-0.25, -0.2) is 0 Å². The van der Waals surface area contributed by atoms with E-state index in [0.717, 1.165) is 18.4 Å². The number of amides is 2. The fourth-order valence-electron chi connectivity index (χ4n) is 3.19. The van der Waals surface area contributed by atoms with Crippen molar-refractivity contribution in [1.82, 2.24) is 10.2 Å². The van der Waals surface area contributed by atoms with Crippen LogP contribution in [0.2, 0.25) is 0 Å². The molecule has 4 heteroatoms. The van der Waals surface area contributed by atoms with E-state index in [1.807, 2.05) is 36.9 Å². The summed E-state index contributed by atoms with van der Waals surface area (Å²) in [7, 11) is 0.